The standard InChI is InChI=1S/C16H19NO3S/c1-13-6-8-16(9-7-13)21(18,19)17-10-11-20-15-5-3-4-14(2)12-15/h3-9,12,17H,10-11H2,1-2H3. The van der Waals surface area contributed by atoms with Crippen molar-refractivity contribution >= 4 is 10.0 Å². The summed E-state index contributed by atoms with van der Waals surface area (Å²) in [5.41, 5.74) is 2.13. The van der Waals surface area contributed by atoms with Gasteiger partial charge in [-0.2, -0.15) is 0 Å². The van der Waals surface area contributed by atoms with Gasteiger partial charge in [-0.3, -0.25) is 0 Å². The molecular weight excluding hydrogens is 286 g/mol. The Bertz CT molecular complexity index is 694. The maximum absolute atomic E-state index is 12.0. The molecule has 2 rings (SSSR count). The summed E-state index contributed by atoms with van der Waals surface area (Å²) >= 11 is 0. The number of ether oxygens (including phenoxy) is 1. The predicted molar refractivity (Wildman–Crippen MR) is 83.0 cm³/mol. The summed E-state index contributed by atoms with van der Waals surface area (Å²) < 4.78 is 32.1. The first-order valence-corrected chi connectivity index (χ1v) is 8.21. The zero-order valence-electron chi connectivity index (χ0n) is 12.2. The van der Waals surface area contributed by atoms with Crippen LogP contribution in [0.1, 0.15) is 11.1 Å². The summed E-state index contributed by atoms with van der Waals surface area (Å²) in [6, 6.07) is 14.4. The molecule has 4 nitrogen and oxygen atoms in total. The van der Waals surface area contributed by atoms with Crippen molar-refractivity contribution in [1.29, 1.82) is 0 Å². The van der Waals surface area contributed by atoms with E-state index in [-0.39, 0.29) is 18.0 Å². The molecule has 0 spiro atoms. The largest absolute Gasteiger partial charge is 0.492 e. The SMILES string of the molecule is Cc1ccc(S(=O)(=O)NCCOc2cccc(C)c2)cc1. The van der Waals surface area contributed by atoms with Gasteiger partial charge in [-0.05, 0) is 43.7 Å². The van der Waals surface area contributed by atoms with Crippen LogP contribution in [0.2, 0.25) is 0 Å². The van der Waals surface area contributed by atoms with Gasteiger partial charge in [0.2, 0.25) is 10.0 Å². The van der Waals surface area contributed by atoms with Crippen LogP contribution in [0, 0.1) is 13.8 Å². The second kappa shape index (κ2) is 6.74. The van der Waals surface area contributed by atoms with E-state index in [2.05, 4.69) is 4.72 Å². The maximum Gasteiger partial charge on any atom is 0.240 e. The number of hydrogen-bond acceptors (Lipinski definition) is 3. The van der Waals surface area contributed by atoms with Crippen LogP contribution < -0.4 is 9.46 Å². The zero-order chi connectivity index (χ0) is 15.3. The fourth-order valence-corrected chi connectivity index (χ4v) is 2.86. The Labute approximate surface area is 125 Å². The van der Waals surface area contributed by atoms with Crippen LogP contribution in [0.5, 0.6) is 5.75 Å². The van der Waals surface area contributed by atoms with Gasteiger partial charge < -0.3 is 4.74 Å². The molecule has 0 aliphatic heterocycles. The monoisotopic (exact) mass is 305 g/mol. The molecule has 0 bridgehead atoms. The molecule has 2 aromatic rings. The first-order chi connectivity index (χ1) is 9.97. The zero-order valence-corrected chi connectivity index (χ0v) is 13.0. The highest BCUT2D eigenvalue weighted by Gasteiger charge is 2.12. The first-order valence-electron chi connectivity index (χ1n) is 6.73. The van der Waals surface area contributed by atoms with E-state index in [0.29, 0.717) is 0 Å². The summed E-state index contributed by atoms with van der Waals surface area (Å²) in [6.45, 7) is 4.41. The molecule has 112 valence electrons. The quantitative estimate of drug-likeness (QED) is 0.835. The summed E-state index contributed by atoms with van der Waals surface area (Å²) in [5, 5.41) is 0. The van der Waals surface area contributed by atoms with E-state index in [1.807, 2.05) is 38.1 Å². The molecule has 0 heterocycles. The topological polar surface area (TPSA) is 55.4 Å². The minimum Gasteiger partial charge on any atom is -0.492 e. The van der Waals surface area contributed by atoms with Gasteiger partial charge in [0, 0.05) is 6.54 Å². The number of nitrogens with one attached hydrogen (secondary N) is 1. The number of sulfonamides is 1. The van der Waals surface area contributed by atoms with Gasteiger partial charge in [-0.1, -0.05) is 29.8 Å². The minimum absolute atomic E-state index is 0.226. The maximum atomic E-state index is 12.0. The van der Waals surface area contributed by atoms with Crippen molar-refractivity contribution < 1.29 is 13.2 Å². The third kappa shape index (κ3) is 4.58. The van der Waals surface area contributed by atoms with Gasteiger partial charge in [-0.15, -0.1) is 0 Å². The highest BCUT2D eigenvalue weighted by atomic mass is 32.2. The number of hydrogen-bond donors (Lipinski definition) is 1. The van der Waals surface area contributed by atoms with Crippen LogP contribution in [0.3, 0.4) is 0 Å². The van der Waals surface area contributed by atoms with Crippen LogP contribution in [-0.2, 0) is 10.0 Å². The average molecular weight is 305 g/mol. The molecule has 5 heteroatoms. The van der Waals surface area contributed by atoms with Crippen molar-refractivity contribution in [3.05, 3.63) is 59.7 Å². The predicted octanol–water partition coefficient (Wildman–Crippen LogP) is 2.66. The van der Waals surface area contributed by atoms with Crippen molar-refractivity contribution in [3.8, 4) is 5.75 Å². The lowest BCUT2D eigenvalue weighted by molar-refractivity contribution is 0.322. The Kier molecular flexibility index (Phi) is 4.98. The molecule has 1 N–H and O–H groups in total. The van der Waals surface area contributed by atoms with Crippen LogP contribution in [-0.4, -0.2) is 21.6 Å². The van der Waals surface area contributed by atoms with E-state index in [1.54, 1.807) is 24.3 Å². The van der Waals surface area contributed by atoms with Crippen molar-refractivity contribution in [2.45, 2.75) is 18.7 Å². The van der Waals surface area contributed by atoms with Gasteiger partial charge in [0.05, 0.1) is 4.90 Å². The lowest BCUT2D eigenvalue weighted by Gasteiger charge is -2.09. The van der Waals surface area contributed by atoms with Gasteiger partial charge in [0.25, 0.3) is 0 Å². The van der Waals surface area contributed by atoms with Gasteiger partial charge in [0.15, 0.2) is 0 Å². The first kappa shape index (κ1) is 15.5. The third-order valence-corrected chi connectivity index (χ3v) is 4.46. The Balaban J connectivity index is 1.86. The molecule has 0 saturated carbocycles. The Morgan fingerprint density at radius 2 is 1.71 bits per heavy atom. The van der Waals surface area contributed by atoms with E-state index in [9.17, 15) is 8.42 Å². The summed E-state index contributed by atoms with van der Waals surface area (Å²) in [6.07, 6.45) is 0. The van der Waals surface area contributed by atoms with Gasteiger partial charge in [0.1, 0.15) is 12.4 Å². The van der Waals surface area contributed by atoms with Crippen LogP contribution in [0.4, 0.5) is 0 Å². The molecule has 2 aromatic carbocycles. The molecule has 0 amide bonds. The van der Waals surface area contributed by atoms with Crippen molar-refractivity contribution in [2.24, 2.45) is 0 Å². The molecule has 0 aliphatic carbocycles. The molecule has 0 atom stereocenters. The van der Waals surface area contributed by atoms with Crippen LogP contribution >= 0.6 is 0 Å². The van der Waals surface area contributed by atoms with Crippen molar-refractivity contribution in [1.82, 2.24) is 4.72 Å². The molecule has 0 fully saturated rings. The number of aryl methyl sites for hydroxylation is 2. The van der Waals surface area contributed by atoms with Gasteiger partial charge in [-0.25, -0.2) is 13.1 Å². The lowest BCUT2D eigenvalue weighted by atomic mass is 10.2. The molecule has 0 radical (unpaired) electrons. The number of rotatable bonds is 6. The minimum atomic E-state index is -3.47. The van der Waals surface area contributed by atoms with Crippen LogP contribution in [0.25, 0.3) is 0 Å². The second-order valence-electron chi connectivity index (χ2n) is 4.88. The Morgan fingerprint density at radius 1 is 1.00 bits per heavy atom. The van der Waals surface area contributed by atoms with E-state index in [0.717, 1.165) is 16.9 Å². The summed E-state index contributed by atoms with van der Waals surface area (Å²) in [5.74, 6) is 0.740. The Morgan fingerprint density at radius 3 is 2.38 bits per heavy atom. The van der Waals surface area contributed by atoms with Crippen LogP contribution in [0.15, 0.2) is 53.4 Å². The molecule has 0 aromatic heterocycles. The van der Waals surface area contributed by atoms with Crippen molar-refractivity contribution in [3.63, 3.8) is 0 Å². The highest BCUT2D eigenvalue weighted by molar-refractivity contribution is 7.89. The highest BCUT2D eigenvalue weighted by Crippen LogP contribution is 2.12. The fourth-order valence-electron chi connectivity index (χ4n) is 1.85. The number of benzene rings is 2. The molecule has 0 unspecified atom stereocenters. The van der Waals surface area contributed by atoms with E-state index in [4.69, 9.17) is 4.74 Å². The molecule has 0 saturated heterocycles. The van der Waals surface area contributed by atoms with E-state index in [1.165, 1.54) is 0 Å². The van der Waals surface area contributed by atoms with E-state index < -0.39 is 10.0 Å². The summed E-state index contributed by atoms with van der Waals surface area (Å²) in [7, 11) is -3.47. The third-order valence-electron chi connectivity index (χ3n) is 2.98. The second-order valence-corrected chi connectivity index (χ2v) is 6.64. The molecular formula is C16H19NO3S. The summed E-state index contributed by atoms with van der Waals surface area (Å²) in [4.78, 5) is 0.267. The van der Waals surface area contributed by atoms with Crippen molar-refractivity contribution in [2.75, 3.05) is 13.2 Å². The fraction of sp³-hybridized carbons (Fsp3) is 0.250. The van der Waals surface area contributed by atoms with Gasteiger partial charge >= 0.3 is 0 Å². The average Bonchev–Trinajstić information content (AvgIpc) is 2.44. The molecule has 21 heavy (non-hydrogen) atoms. The van der Waals surface area contributed by atoms with E-state index >= 15 is 0 Å². The smallest absolute Gasteiger partial charge is 0.240 e. The normalized spacial score (nSPS) is 11.3. The molecule has 0 aliphatic rings. The lowest BCUT2D eigenvalue weighted by Crippen LogP contribution is -2.28. The Hall–Kier alpha value is -1.85.